The maximum Gasteiger partial charge on any atom is 0.224 e. The number of aliphatic hydroxyl groups is 1. The lowest BCUT2D eigenvalue weighted by Gasteiger charge is -2.26. The summed E-state index contributed by atoms with van der Waals surface area (Å²) in [4.78, 5) is 13.5. The Morgan fingerprint density at radius 2 is 2.50 bits per heavy atom. The third-order valence-corrected chi connectivity index (χ3v) is 2.49. The van der Waals surface area contributed by atoms with E-state index in [1.54, 1.807) is 11.0 Å². The van der Waals surface area contributed by atoms with Gasteiger partial charge in [-0.1, -0.05) is 6.08 Å². The van der Waals surface area contributed by atoms with Crippen LogP contribution < -0.4 is 5.32 Å². The zero-order chi connectivity index (χ0) is 11.8. The Hall–Kier alpha value is -0.910. The van der Waals surface area contributed by atoms with Gasteiger partial charge in [-0.3, -0.25) is 4.79 Å². The molecule has 1 atom stereocenters. The third kappa shape index (κ3) is 4.30. The molecule has 1 heterocycles. The summed E-state index contributed by atoms with van der Waals surface area (Å²) in [6.07, 6.45) is 2.08. The Balaban J connectivity index is 2.37. The van der Waals surface area contributed by atoms with Crippen LogP contribution in [0.15, 0.2) is 12.7 Å². The van der Waals surface area contributed by atoms with Crippen molar-refractivity contribution in [2.24, 2.45) is 0 Å². The Bertz CT molecular complexity index is 227. The summed E-state index contributed by atoms with van der Waals surface area (Å²) >= 11 is 0. The summed E-state index contributed by atoms with van der Waals surface area (Å²) in [6.45, 7) is 6.49. The maximum absolute atomic E-state index is 11.9. The van der Waals surface area contributed by atoms with E-state index in [0.717, 1.165) is 6.54 Å². The fraction of sp³-hybridized carbons (Fsp3) is 0.727. The van der Waals surface area contributed by atoms with E-state index < -0.39 is 0 Å². The summed E-state index contributed by atoms with van der Waals surface area (Å²) in [5.41, 5.74) is 0. The van der Waals surface area contributed by atoms with Crippen molar-refractivity contribution in [3.05, 3.63) is 12.7 Å². The fourth-order valence-electron chi connectivity index (χ4n) is 1.69. The summed E-state index contributed by atoms with van der Waals surface area (Å²) in [6, 6.07) is 0.0901. The minimum atomic E-state index is -0.0197. The van der Waals surface area contributed by atoms with Gasteiger partial charge in [0.1, 0.15) is 0 Å². The topological polar surface area (TPSA) is 61.8 Å². The lowest BCUT2D eigenvalue weighted by Crippen LogP contribution is -2.45. The largest absolute Gasteiger partial charge is 0.395 e. The zero-order valence-electron chi connectivity index (χ0n) is 9.52. The Morgan fingerprint density at radius 3 is 3.06 bits per heavy atom. The average Bonchev–Trinajstić information content (AvgIpc) is 2.30. The lowest BCUT2D eigenvalue weighted by atomic mass is 10.2. The van der Waals surface area contributed by atoms with Gasteiger partial charge in [-0.05, 0) is 0 Å². The molecule has 0 aliphatic carbocycles. The molecule has 1 unspecified atom stereocenters. The lowest BCUT2D eigenvalue weighted by molar-refractivity contribution is -0.132. The molecule has 92 valence electrons. The van der Waals surface area contributed by atoms with Crippen LogP contribution in [0.2, 0.25) is 0 Å². The second-order valence-corrected chi connectivity index (χ2v) is 3.78. The highest BCUT2D eigenvalue weighted by Gasteiger charge is 2.20. The quantitative estimate of drug-likeness (QED) is 0.594. The summed E-state index contributed by atoms with van der Waals surface area (Å²) in [7, 11) is 0. The van der Waals surface area contributed by atoms with Crippen LogP contribution >= 0.6 is 0 Å². The molecule has 1 saturated heterocycles. The number of nitrogens with one attached hydrogen (secondary N) is 1. The second kappa shape index (κ2) is 7.38. The number of carbonyl (C=O) groups is 1. The van der Waals surface area contributed by atoms with Crippen LogP contribution in [0.5, 0.6) is 0 Å². The molecule has 0 aromatic heterocycles. The van der Waals surface area contributed by atoms with Crippen LogP contribution in [0.4, 0.5) is 0 Å². The first-order chi connectivity index (χ1) is 7.77. The van der Waals surface area contributed by atoms with Gasteiger partial charge < -0.3 is 20.1 Å². The standard InChI is InChI=1S/C11H20N2O3/c1-2-4-13(5-6-14)11(15)8-10-9-16-7-3-12-10/h2,10,12,14H,1,3-9H2. The Kier molecular flexibility index (Phi) is 6.07. The number of rotatable bonds is 6. The van der Waals surface area contributed by atoms with E-state index in [9.17, 15) is 4.79 Å². The van der Waals surface area contributed by atoms with Crippen LogP contribution in [0.1, 0.15) is 6.42 Å². The van der Waals surface area contributed by atoms with Crippen molar-refractivity contribution in [2.75, 3.05) is 39.5 Å². The Labute approximate surface area is 96.1 Å². The number of carbonyl (C=O) groups excluding carboxylic acids is 1. The van der Waals surface area contributed by atoms with E-state index in [1.165, 1.54) is 0 Å². The van der Waals surface area contributed by atoms with Gasteiger partial charge in [-0.25, -0.2) is 0 Å². The Morgan fingerprint density at radius 1 is 1.69 bits per heavy atom. The van der Waals surface area contributed by atoms with E-state index in [0.29, 0.717) is 32.7 Å². The molecule has 1 aliphatic rings. The highest BCUT2D eigenvalue weighted by atomic mass is 16.5. The van der Waals surface area contributed by atoms with Crippen LogP contribution in [0, 0.1) is 0 Å². The minimum Gasteiger partial charge on any atom is -0.395 e. The summed E-state index contributed by atoms with van der Waals surface area (Å²) in [5, 5.41) is 12.1. The first-order valence-electron chi connectivity index (χ1n) is 5.58. The molecule has 2 N–H and O–H groups in total. The first-order valence-corrected chi connectivity index (χ1v) is 5.58. The molecule has 0 radical (unpaired) electrons. The maximum atomic E-state index is 11.9. The predicted octanol–water partition coefficient (Wildman–Crippen LogP) is -0.628. The number of nitrogens with zero attached hydrogens (tertiary/aromatic N) is 1. The fourth-order valence-corrected chi connectivity index (χ4v) is 1.69. The summed E-state index contributed by atoms with van der Waals surface area (Å²) < 4.78 is 5.28. The first kappa shape index (κ1) is 13.2. The van der Waals surface area contributed by atoms with Gasteiger partial charge in [-0.15, -0.1) is 6.58 Å². The molecular formula is C11H20N2O3. The van der Waals surface area contributed by atoms with Crippen molar-refractivity contribution in [3.8, 4) is 0 Å². The van der Waals surface area contributed by atoms with Crippen molar-refractivity contribution in [3.63, 3.8) is 0 Å². The molecule has 5 nitrogen and oxygen atoms in total. The molecule has 1 fully saturated rings. The molecule has 16 heavy (non-hydrogen) atoms. The highest BCUT2D eigenvalue weighted by Crippen LogP contribution is 2.02. The number of hydrogen-bond acceptors (Lipinski definition) is 4. The number of morpholine rings is 1. The van der Waals surface area contributed by atoms with Crippen molar-refractivity contribution in [1.29, 1.82) is 0 Å². The molecule has 1 amide bonds. The van der Waals surface area contributed by atoms with Gasteiger partial charge >= 0.3 is 0 Å². The molecule has 0 spiro atoms. The molecule has 5 heteroatoms. The number of amides is 1. The van der Waals surface area contributed by atoms with Gasteiger partial charge in [0.05, 0.1) is 19.8 Å². The summed E-state index contributed by atoms with van der Waals surface area (Å²) in [5.74, 6) is 0.0250. The van der Waals surface area contributed by atoms with Crippen LogP contribution in [-0.2, 0) is 9.53 Å². The van der Waals surface area contributed by atoms with E-state index in [2.05, 4.69) is 11.9 Å². The van der Waals surface area contributed by atoms with E-state index in [4.69, 9.17) is 9.84 Å². The van der Waals surface area contributed by atoms with Crippen molar-refractivity contribution in [1.82, 2.24) is 10.2 Å². The normalized spacial score (nSPS) is 20.4. The van der Waals surface area contributed by atoms with Crippen molar-refractivity contribution >= 4 is 5.91 Å². The molecule has 1 rings (SSSR count). The van der Waals surface area contributed by atoms with Gasteiger partial charge in [0.2, 0.25) is 5.91 Å². The molecule has 0 saturated carbocycles. The molecule has 0 bridgehead atoms. The SMILES string of the molecule is C=CCN(CCO)C(=O)CC1COCCN1. The number of ether oxygens (including phenoxy) is 1. The van der Waals surface area contributed by atoms with E-state index in [1.807, 2.05) is 0 Å². The molecule has 0 aromatic rings. The van der Waals surface area contributed by atoms with Crippen molar-refractivity contribution < 1.29 is 14.6 Å². The molecule has 1 aliphatic heterocycles. The zero-order valence-corrected chi connectivity index (χ0v) is 9.52. The number of aliphatic hydroxyl groups excluding tert-OH is 1. The third-order valence-electron chi connectivity index (χ3n) is 2.49. The van der Waals surface area contributed by atoms with Crippen LogP contribution in [0.25, 0.3) is 0 Å². The van der Waals surface area contributed by atoms with Gasteiger partial charge in [-0.2, -0.15) is 0 Å². The molecule has 0 aromatic carbocycles. The second-order valence-electron chi connectivity index (χ2n) is 3.78. The monoisotopic (exact) mass is 228 g/mol. The van der Waals surface area contributed by atoms with Crippen molar-refractivity contribution in [2.45, 2.75) is 12.5 Å². The van der Waals surface area contributed by atoms with Crippen LogP contribution in [0.3, 0.4) is 0 Å². The van der Waals surface area contributed by atoms with Gasteiger partial charge in [0.25, 0.3) is 0 Å². The molecular weight excluding hydrogens is 208 g/mol. The predicted molar refractivity (Wildman–Crippen MR) is 61.1 cm³/mol. The highest BCUT2D eigenvalue weighted by molar-refractivity contribution is 5.77. The number of hydrogen-bond donors (Lipinski definition) is 2. The van der Waals surface area contributed by atoms with Gasteiger partial charge in [0.15, 0.2) is 0 Å². The van der Waals surface area contributed by atoms with E-state index in [-0.39, 0.29) is 18.6 Å². The van der Waals surface area contributed by atoms with E-state index >= 15 is 0 Å². The smallest absolute Gasteiger partial charge is 0.224 e. The minimum absolute atomic E-state index is 0.0197. The van der Waals surface area contributed by atoms with Gasteiger partial charge in [0, 0.05) is 32.1 Å². The average molecular weight is 228 g/mol. The van der Waals surface area contributed by atoms with Crippen LogP contribution in [-0.4, -0.2) is 61.4 Å².